The molecule has 1 aromatic carbocycles. The topological polar surface area (TPSA) is 37.4 Å². The third-order valence-electron chi connectivity index (χ3n) is 3.52. The van der Waals surface area contributed by atoms with E-state index in [0.29, 0.717) is 0 Å². The van der Waals surface area contributed by atoms with Gasteiger partial charge in [-0.2, -0.15) is 0 Å². The van der Waals surface area contributed by atoms with Gasteiger partial charge in [0.1, 0.15) is 11.6 Å². The van der Waals surface area contributed by atoms with Crippen LogP contribution in [0.15, 0.2) is 18.2 Å². The number of rotatable bonds is 5. The van der Waals surface area contributed by atoms with Crippen LogP contribution in [-0.4, -0.2) is 22.1 Å². The molecule has 0 aromatic heterocycles. The number of halogens is 2. The second-order valence-electron chi connectivity index (χ2n) is 5.92. The molecule has 0 aliphatic heterocycles. The smallest absolute Gasteiger partial charge is 0.220 e. The SMILES string of the molecule is CC(=O)N(Cc1cc(F)ccc1F)C(C)(C)C(=O)C(C)C. The van der Waals surface area contributed by atoms with Gasteiger partial charge in [-0.1, -0.05) is 13.8 Å². The van der Waals surface area contributed by atoms with E-state index < -0.39 is 17.2 Å². The van der Waals surface area contributed by atoms with Crippen LogP contribution >= 0.6 is 0 Å². The molecule has 0 unspecified atom stereocenters. The molecule has 0 N–H and O–H groups in total. The minimum atomic E-state index is -1.08. The van der Waals surface area contributed by atoms with Crippen LogP contribution in [0.5, 0.6) is 0 Å². The minimum absolute atomic E-state index is 0.0508. The molecule has 0 spiro atoms. The van der Waals surface area contributed by atoms with Crippen molar-refractivity contribution >= 4 is 11.7 Å². The fourth-order valence-electron chi connectivity index (χ4n) is 2.38. The summed E-state index contributed by atoms with van der Waals surface area (Å²) in [6.45, 7) is 7.88. The lowest BCUT2D eigenvalue weighted by Crippen LogP contribution is -2.53. The number of ketones is 1. The summed E-state index contributed by atoms with van der Waals surface area (Å²) in [7, 11) is 0. The zero-order valence-corrected chi connectivity index (χ0v) is 13.0. The van der Waals surface area contributed by atoms with Gasteiger partial charge in [-0.3, -0.25) is 9.59 Å². The fraction of sp³-hybridized carbons (Fsp3) is 0.500. The highest BCUT2D eigenvalue weighted by molar-refractivity contribution is 5.92. The predicted molar refractivity (Wildman–Crippen MR) is 76.5 cm³/mol. The molecule has 0 atom stereocenters. The molecule has 116 valence electrons. The normalized spacial score (nSPS) is 11.6. The summed E-state index contributed by atoms with van der Waals surface area (Å²) in [5.74, 6) is -1.94. The summed E-state index contributed by atoms with van der Waals surface area (Å²) in [5.41, 5.74) is -1.03. The fourth-order valence-corrected chi connectivity index (χ4v) is 2.38. The Morgan fingerprint density at radius 1 is 1.24 bits per heavy atom. The van der Waals surface area contributed by atoms with Crippen molar-refractivity contribution in [3.8, 4) is 0 Å². The Morgan fingerprint density at radius 2 is 1.81 bits per heavy atom. The maximum absolute atomic E-state index is 13.8. The summed E-state index contributed by atoms with van der Waals surface area (Å²) in [6.07, 6.45) is 0. The van der Waals surface area contributed by atoms with Crippen LogP contribution in [0.25, 0.3) is 0 Å². The van der Waals surface area contributed by atoms with E-state index >= 15 is 0 Å². The Balaban J connectivity index is 3.17. The van der Waals surface area contributed by atoms with Gasteiger partial charge in [0.2, 0.25) is 5.91 Å². The number of benzene rings is 1. The largest absolute Gasteiger partial charge is 0.326 e. The number of nitrogens with zero attached hydrogens (tertiary/aromatic N) is 1. The molecule has 0 bridgehead atoms. The monoisotopic (exact) mass is 297 g/mol. The number of hydrogen-bond acceptors (Lipinski definition) is 2. The van der Waals surface area contributed by atoms with Crippen molar-refractivity contribution in [2.45, 2.75) is 46.7 Å². The van der Waals surface area contributed by atoms with Crippen LogP contribution in [0.1, 0.15) is 40.2 Å². The number of amides is 1. The molecule has 0 aliphatic rings. The van der Waals surface area contributed by atoms with Crippen molar-refractivity contribution in [3.05, 3.63) is 35.4 Å². The lowest BCUT2D eigenvalue weighted by atomic mass is 9.88. The molecule has 1 rings (SSSR count). The van der Waals surface area contributed by atoms with Gasteiger partial charge >= 0.3 is 0 Å². The standard InChI is InChI=1S/C16H21F2NO2/c1-10(2)15(21)16(4,5)19(11(3)20)9-12-8-13(17)6-7-14(12)18/h6-8,10H,9H2,1-5H3. The lowest BCUT2D eigenvalue weighted by molar-refractivity contribution is -0.145. The Hall–Kier alpha value is -1.78. The molecule has 0 aliphatic carbocycles. The van der Waals surface area contributed by atoms with E-state index in [1.165, 1.54) is 11.8 Å². The third kappa shape index (κ3) is 3.86. The first-order valence-electron chi connectivity index (χ1n) is 6.83. The van der Waals surface area contributed by atoms with E-state index in [9.17, 15) is 18.4 Å². The van der Waals surface area contributed by atoms with Gasteiger partial charge < -0.3 is 4.90 Å². The van der Waals surface area contributed by atoms with Crippen molar-refractivity contribution in [3.63, 3.8) is 0 Å². The average Bonchev–Trinajstić information content (AvgIpc) is 2.37. The molecule has 21 heavy (non-hydrogen) atoms. The first kappa shape index (κ1) is 17.3. The van der Waals surface area contributed by atoms with E-state index in [2.05, 4.69) is 0 Å². The molecular formula is C16H21F2NO2. The van der Waals surface area contributed by atoms with E-state index in [1.54, 1.807) is 27.7 Å². The van der Waals surface area contributed by atoms with E-state index in [1.807, 2.05) is 0 Å². The number of Topliss-reactive ketones (excluding diaryl/α,β-unsaturated/α-hetero) is 1. The Bertz CT molecular complexity index is 553. The number of carbonyl (C=O) groups excluding carboxylic acids is 2. The average molecular weight is 297 g/mol. The number of carbonyl (C=O) groups is 2. The molecule has 0 radical (unpaired) electrons. The van der Waals surface area contributed by atoms with Crippen LogP contribution in [0, 0.1) is 17.6 Å². The van der Waals surface area contributed by atoms with Crippen LogP contribution in [0.2, 0.25) is 0 Å². The van der Waals surface area contributed by atoms with Crippen LogP contribution in [0.3, 0.4) is 0 Å². The molecule has 3 nitrogen and oxygen atoms in total. The summed E-state index contributed by atoms with van der Waals surface area (Å²) >= 11 is 0. The van der Waals surface area contributed by atoms with Gasteiger partial charge in [0.25, 0.3) is 0 Å². The highest BCUT2D eigenvalue weighted by atomic mass is 19.1. The first-order chi connectivity index (χ1) is 9.57. The molecule has 1 aromatic rings. The second kappa shape index (κ2) is 6.33. The zero-order valence-electron chi connectivity index (χ0n) is 13.0. The van der Waals surface area contributed by atoms with E-state index in [4.69, 9.17) is 0 Å². The summed E-state index contributed by atoms with van der Waals surface area (Å²) in [6, 6.07) is 3.07. The molecule has 5 heteroatoms. The summed E-state index contributed by atoms with van der Waals surface area (Å²) in [5, 5.41) is 0. The lowest BCUT2D eigenvalue weighted by Gasteiger charge is -2.38. The van der Waals surface area contributed by atoms with Crippen LogP contribution in [0.4, 0.5) is 8.78 Å². The molecule has 0 heterocycles. The summed E-state index contributed by atoms with van der Waals surface area (Å²) in [4.78, 5) is 25.4. The number of hydrogen-bond donors (Lipinski definition) is 0. The van der Waals surface area contributed by atoms with Gasteiger partial charge in [-0.25, -0.2) is 8.78 Å². The van der Waals surface area contributed by atoms with E-state index in [0.717, 1.165) is 18.2 Å². The predicted octanol–water partition coefficient (Wildman–Crippen LogP) is 3.32. The second-order valence-corrected chi connectivity index (χ2v) is 5.92. The minimum Gasteiger partial charge on any atom is -0.326 e. The van der Waals surface area contributed by atoms with Gasteiger partial charge in [0.05, 0.1) is 5.54 Å². The Labute approximate surface area is 123 Å². The van der Waals surface area contributed by atoms with Crippen molar-refractivity contribution in [2.75, 3.05) is 0 Å². The van der Waals surface area contributed by atoms with Crippen molar-refractivity contribution < 1.29 is 18.4 Å². The molecule has 0 saturated heterocycles. The van der Waals surface area contributed by atoms with E-state index in [-0.39, 0.29) is 29.7 Å². The maximum Gasteiger partial charge on any atom is 0.220 e. The zero-order chi connectivity index (χ0) is 16.4. The maximum atomic E-state index is 13.8. The first-order valence-corrected chi connectivity index (χ1v) is 6.83. The molecule has 0 saturated carbocycles. The molecule has 1 amide bonds. The van der Waals surface area contributed by atoms with Gasteiger partial charge in [0.15, 0.2) is 5.78 Å². The van der Waals surface area contributed by atoms with Crippen molar-refractivity contribution in [1.29, 1.82) is 0 Å². The highest BCUT2D eigenvalue weighted by Gasteiger charge is 2.37. The van der Waals surface area contributed by atoms with Gasteiger partial charge in [-0.15, -0.1) is 0 Å². The van der Waals surface area contributed by atoms with Crippen LogP contribution in [-0.2, 0) is 16.1 Å². The van der Waals surface area contributed by atoms with Crippen molar-refractivity contribution in [2.24, 2.45) is 5.92 Å². The molecular weight excluding hydrogens is 276 g/mol. The molecule has 0 fully saturated rings. The summed E-state index contributed by atoms with van der Waals surface area (Å²) < 4.78 is 27.0. The quantitative estimate of drug-likeness (QED) is 0.836. The Morgan fingerprint density at radius 3 is 2.29 bits per heavy atom. The van der Waals surface area contributed by atoms with Crippen molar-refractivity contribution in [1.82, 2.24) is 4.90 Å². The van der Waals surface area contributed by atoms with Gasteiger partial charge in [0, 0.05) is 24.9 Å². The third-order valence-corrected chi connectivity index (χ3v) is 3.52. The highest BCUT2D eigenvalue weighted by Crippen LogP contribution is 2.24. The van der Waals surface area contributed by atoms with Gasteiger partial charge in [-0.05, 0) is 32.0 Å². The Kier molecular flexibility index (Phi) is 5.20. The van der Waals surface area contributed by atoms with Crippen LogP contribution < -0.4 is 0 Å².